The molecule has 3 heteroatoms. The van der Waals surface area contributed by atoms with Crippen molar-refractivity contribution in [3.8, 4) is 0 Å². The molecule has 3 nitrogen and oxygen atoms in total. The maximum absolute atomic E-state index is 5.82. The van der Waals surface area contributed by atoms with Gasteiger partial charge in [0.2, 0.25) is 0 Å². The highest BCUT2D eigenvalue weighted by Crippen LogP contribution is 2.44. The van der Waals surface area contributed by atoms with Crippen LogP contribution >= 0.6 is 0 Å². The summed E-state index contributed by atoms with van der Waals surface area (Å²) in [6, 6.07) is 0.373. The van der Waals surface area contributed by atoms with Gasteiger partial charge in [-0.15, -0.1) is 0 Å². The Morgan fingerprint density at radius 3 is 2.20 bits per heavy atom. The Labute approximate surface area is 337 Å². The molecule has 7 aliphatic carbocycles. The highest BCUT2D eigenvalue weighted by molar-refractivity contribution is 5.87. The molecule has 1 saturated carbocycles. The Kier molecular flexibility index (Phi) is 11.9. The van der Waals surface area contributed by atoms with Gasteiger partial charge in [-0.3, -0.25) is 9.98 Å². The van der Waals surface area contributed by atoms with Crippen LogP contribution in [0, 0.1) is 47.3 Å². The van der Waals surface area contributed by atoms with Gasteiger partial charge in [0.15, 0.2) is 0 Å². The Morgan fingerprint density at radius 1 is 0.607 bits per heavy atom. The molecule has 2 heterocycles. The van der Waals surface area contributed by atoms with Crippen LogP contribution < -0.4 is 5.32 Å². The van der Waals surface area contributed by atoms with Crippen molar-refractivity contribution in [3.05, 3.63) is 156 Å². The number of nitrogens with zero attached hydrogens (tertiary/aromatic N) is 2. The lowest BCUT2D eigenvalue weighted by molar-refractivity contribution is 0.219. The van der Waals surface area contributed by atoms with Crippen LogP contribution in [0.1, 0.15) is 96.3 Å². The van der Waals surface area contributed by atoms with Crippen LogP contribution in [0.25, 0.3) is 0 Å². The summed E-state index contributed by atoms with van der Waals surface area (Å²) < 4.78 is 0. The largest absolute Gasteiger partial charge is 0.363 e. The van der Waals surface area contributed by atoms with Crippen LogP contribution in [0.2, 0.25) is 0 Å². The molecule has 290 valence electrons. The second kappa shape index (κ2) is 17.9. The zero-order chi connectivity index (χ0) is 37.5. The number of nitrogens with one attached hydrogen (secondary N) is 1. The van der Waals surface area contributed by atoms with Crippen molar-refractivity contribution in [1.29, 1.82) is 0 Å². The van der Waals surface area contributed by atoms with E-state index in [1.54, 1.807) is 11.1 Å². The topological polar surface area (TPSA) is 36.8 Å². The third-order valence-corrected chi connectivity index (χ3v) is 14.4. The molecule has 1 fully saturated rings. The Hall–Kier alpha value is -4.24. The van der Waals surface area contributed by atoms with Crippen molar-refractivity contribution in [3.63, 3.8) is 0 Å². The second-order valence-corrected chi connectivity index (χ2v) is 17.9. The molecule has 0 bridgehead atoms. The average Bonchev–Trinajstić information content (AvgIpc) is 3.28. The van der Waals surface area contributed by atoms with Gasteiger partial charge >= 0.3 is 0 Å². The lowest BCUT2D eigenvalue weighted by atomic mass is 9.66. The summed E-state index contributed by atoms with van der Waals surface area (Å²) in [4.78, 5) is 11.3. The predicted octanol–water partition coefficient (Wildman–Crippen LogP) is 12.7. The van der Waals surface area contributed by atoms with Gasteiger partial charge in [-0.2, -0.15) is 0 Å². The fraction of sp³-hybridized carbons (Fsp3) is 0.472. The highest BCUT2D eigenvalue weighted by Gasteiger charge is 2.39. The van der Waals surface area contributed by atoms with Gasteiger partial charge in [0.25, 0.3) is 0 Å². The van der Waals surface area contributed by atoms with Crippen LogP contribution in [0.4, 0.5) is 0 Å². The van der Waals surface area contributed by atoms with E-state index in [1.165, 1.54) is 80.3 Å². The standard InChI is InChI=1S/C53H63N3/c1-5-15-38(16-6-1)40-27-31-43(32-28-40)50-25-14-26-51(56-53(55-50)45-33-29-41(30-34-45)39-17-7-2-8-18-39)47-24-13-23-46(35-47)48-36-49(42-19-9-3-10-20-42)52(54-37-48)44-21-11-4-12-22-44/h1-5,7-9,11-12,15,17,19,21,25,27,29-33,37,39-40,44-49,52-53,55H,6,10,13-14,16,18,20,22-24,26,28,34-36H2/b50-25-,56-51+. The van der Waals surface area contributed by atoms with Crippen molar-refractivity contribution < 1.29 is 0 Å². The first-order chi connectivity index (χ1) is 27.7. The molecule has 0 radical (unpaired) electrons. The van der Waals surface area contributed by atoms with Crippen LogP contribution in [0.5, 0.6) is 0 Å². The summed E-state index contributed by atoms with van der Waals surface area (Å²) in [5.41, 5.74) is 8.78. The van der Waals surface area contributed by atoms with E-state index in [-0.39, 0.29) is 6.17 Å². The molecule has 0 spiro atoms. The molecule has 0 aromatic carbocycles. The molecule has 0 aromatic heterocycles. The molecule has 56 heavy (non-hydrogen) atoms. The van der Waals surface area contributed by atoms with E-state index < -0.39 is 0 Å². The first-order valence-corrected chi connectivity index (χ1v) is 22.5. The predicted molar refractivity (Wildman–Crippen MR) is 237 cm³/mol. The number of hydrogen-bond acceptors (Lipinski definition) is 3. The molecule has 0 aromatic rings. The first-order valence-electron chi connectivity index (χ1n) is 22.5. The van der Waals surface area contributed by atoms with E-state index in [1.807, 2.05) is 0 Å². The van der Waals surface area contributed by atoms with E-state index in [0.717, 1.165) is 38.5 Å². The summed E-state index contributed by atoms with van der Waals surface area (Å²) in [6.45, 7) is 0. The molecule has 0 amide bonds. The number of aliphatic imine (C=N–C) groups is 2. The van der Waals surface area contributed by atoms with E-state index in [0.29, 0.717) is 53.4 Å². The van der Waals surface area contributed by atoms with Gasteiger partial charge in [0, 0.05) is 47.2 Å². The lowest BCUT2D eigenvalue weighted by Gasteiger charge is -2.41. The number of allylic oxidation sites excluding steroid dienone is 21. The summed E-state index contributed by atoms with van der Waals surface area (Å²) >= 11 is 0. The summed E-state index contributed by atoms with van der Waals surface area (Å²) in [7, 11) is 0. The molecule has 10 unspecified atom stereocenters. The first kappa shape index (κ1) is 37.3. The van der Waals surface area contributed by atoms with Gasteiger partial charge in [0.05, 0.1) is 6.04 Å². The zero-order valence-corrected chi connectivity index (χ0v) is 33.5. The van der Waals surface area contributed by atoms with Gasteiger partial charge < -0.3 is 5.32 Å². The lowest BCUT2D eigenvalue weighted by Crippen LogP contribution is -2.39. The minimum atomic E-state index is 0.0382. The molecule has 2 aliphatic heterocycles. The minimum absolute atomic E-state index is 0.0382. The van der Waals surface area contributed by atoms with E-state index >= 15 is 0 Å². The molecule has 9 rings (SSSR count). The van der Waals surface area contributed by atoms with E-state index in [2.05, 4.69) is 139 Å². The van der Waals surface area contributed by atoms with Crippen molar-refractivity contribution in [2.24, 2.45) is 57.3 Å². The van der Waals surface area contributed by atoms with Crippen LogP contribution in [-0.4, -0.2) is 24.1 Å². The van der Waals surface area contributed by atoms with Crippen molar-refractivity contribution in [1.82, 2.24) is 5.32 Å². The Bertz CT molecular complexity index is 1920. The molecular weight excluding hydrogens is 679 g/mol. The van der Waals surface area contributed by atoms with E-state index in [9.17, 15) is 0 Å². The summed E-state index contributed by atoms with van der Waals surface area (Å²) in [6.07, 6.45) is 69.6. The molecule has 1 N–H and O–H groups in total. The van der Waals surface area contributed by atoms with Crippen molar-refractivity contribution in [2.45, 2.75) is 109 Å². The highest BCUT2D eigenvalue weighted by atomic mass is 15.1. The van der Waals surface area contributed by atoms with Crippen molar-refractivity contribution >= 4 is 11.9 Å². The molecule has 0 saturated heterocycles. The number of hydrogen-bond donors (Lipinski definition) is 1. The normalized spacial score (nSPS) is 38.6. The van der Waals surface area contributed by atoms with Gasteiger partial charge in [-0.05, 0) is 119 Å². The minimum Gasteiger partial charge on any atom is -0.363 e. The van der Waals surface area contributed by atoms with Gasteiger partial charge in [-0.1, -0.05) is 145 Å². The zero-order valence-electron chi connectivity index (χ0n) is 33.5. The van der Waals surface area contributed by atoms with Crippen LogP contribution in [0.15, 0.2) is 166 Å². The van der Waals surface area contributed by atoms with Crippen LogP contribution in [-0.2, 0) is 0 Å². The Balaban J connectivity index is 0.933. The maximum atomic E-state index is 5.82. The van der Waals surface area contributed by atoms with Gasteiger partial charge in [0.1, 0.15) is 6.17 Å². The smallest absolute Gasteiger partial charge is 0.125 e. The second-order valence-electron chi connectivity index (χ2n) is 17.9. The SMILES string of the molecule is C1=CCCC(C2C=CC(/C3=C/CC/C(C4CCCC(C5C=NC(C6C=CC=CC6)C(C6=CC=CCC6)C5)C4)=N\C(C4C=CC(C5C=CC=CC5)=CC4)N3)=CC2)=C1. The molecular formula is C53H63N3. The third-order valence-electron chi connectivity index (χ3n) is 14.4. The summed E-state index contributed by atoms with van der Waals surface area (Å²) in [5.74, 6) is 4.24. The Morgan fingerprint density at radius 2 is 1.46 bits per heavy atom. The quantitative estimate of drug-likeness (QED) is 0.264. The fourth-order valence-corrected chi connectivity index (χ4v) is 11.2. The van der Waals surface area contributed by atoms with Crippen LogP contribution in [0.3, 0.4) is 0 Å². The van der Waals surface area contributed by atoms with Crippen molar-refractivity contribution in [2.75, 3.05) is 0 Å². The molecule has 9 aliphatic rings. The number of rotatable bonds is 8. The summed E-state index contributed by atoms with van der Waals surface area (Å²) in [5, 5.41) is 4.09. The monoisotopic (exact) mass is 742 g/mol. The fourth-order valence-electron chi connectivity index (χ4n) is 11.2. The molecule has 10 atom stereocenters. The average molecular weight is 742 g/mol. The maximum Gasteiger partial charge on any atom is 0.125 e. The van der Waals surface area contributed by atoms with Gasteiger partial charge in [-0.25, -0.2) is 0 Å². The van der Waals surface area contributed by atoms with E-state index in [4.69, 9.17) is 9.98 Å². The third kappa shape index (κ3) is 8.68.